The van der Waals surface area contributed by atoms with Gasteiger partial charge < -0.3 is 14.8 Å². The Morgan fingerprint density at radius 1 is 1.30 bits per heavy atom. The van der Waals surface area contributed by atoms with E-state index in [0.717, 1.165) is 0 Å². The van der Waals surface area contributed by atoms with Gasteiger partial charge >= 0.3 is 6.18 Å². The number of nitrogens with one attached hydrogen (secondary N) is 1. The van der Waals surface area contributed by atoms with Crippen molar-refractivity contribution < 1.29 is 27.4 Å². The van der Waals surface area contributed by atoms with E-state index in [1.165, 1.54) is 7.11 Å². The second-order valence-electron chi connectivity index (χ2n) is 3.66. The SMILES string of the molecule is CCO/C(=C\C(=O)C(F)(F)F)Nc1ccc(OC)cc1. The summed E-state index contributed by atoms with van der Waals surface area (Å²) < 4.78 is 46.5. The molecular formula is C13H14F3NO3. The molecule has 0 bridgehead atoms. The van der Waals surface area contributed by atoms with Crippen LogP contribution in [0.5, 0.6) is 5.75 Å². The summed E-state index contributed by atoms with van der Waals surface area (Å²) in [5.74, 6) is -1.65. The van der Waals surface area contributed by atoms with Gasteiger partial charge in [0.05, 0.1) is 19.8 Å². The van der Waals surface area contributed by atoms with Crippen molar-refractivity contribution >= 4 is 11.5 Å². The number of methoxy groups -OCH3 is 1. The third-order valence-corrected chi connectivity index (χ3v) is 2.20. The molecule has 7 heteroatoms. The van der Waals surface area contributed by atoms with Crippen molar-refractivity contribution in [1.82, 2.24) is 0 Å². The lowest BCUT2D eigenvalue weighted by Crippen LogP contribution is -2.22. The zero-order valence-electron chi connectivity index (χ0n) is 11.0. The number of alkyl halides is 3. The van der Waals surface area contributed by atoms with Crippen molar-refractivity contribution in [2.24, 2.45) is 0 Å². The predicted molar refractivity (Wildman–Crippen MR) is 67.4 cm³/mol. The van der Waals surface area contributed by atoms with E-state index >= 15 is 0 Å². The number of halogens is 3. The topological polar surface area (TPSA) is 47.6 Å². The lowest BCUT2D eigenvalue weighted by molar-refractivity contribution is -0.165. The number of hydrogen-bond acceptors (Lipinski definition) is 4. The fourth-order valence-corrected chi connectivity index (χ4v) is 1.29. The quantitative estimate of drug-likeness (QED) is 0.645. The van der Waals surface area contributed by atoms with Crippen LogP contribution in [0, 0.1) is 0 Å². The molecule has 0 unspecified atom stereocenters. The molecule has 0 heterocycles. The Morgan fingerprint density at radius 3 is 2.35 bits per heavy atom. The van der Waals surface area contributed by atoms with E-state index in [4.69, 9.17) is 9.47 Å². The third kappa shape index (κ3) is 4.83. The second-order valence-corrected chi connectivity index (χ2v) is 3.66. The normalized spacial score (nSPS) is 11.9. The van der Waals surface area contributed by atoms with Crippen LogP contribution in [0.4, 0.5) is 18.9 Å². The van der Waals surface area contributed by atoms with Gasteiger partial charge in [-0.15, -0.1) is 0 Å². The first-order valence-corrected chi connectivity index (χ1v) is 5.73. The fraction of sp³-hybridized carbons (Fsp3) is 0.308. The van der Waals surface area contributed by atoms with Gasteiger partial charge in [-0.2, -0.15) is 13.2 Å². The second kappa shape index (κ2) is 6.83. The van der Waals surface area contributed by atoms with Crippen molar-refractivity contribution in [2.75, 3.05) is 19.0 Å². The van der Waals surface area contributed by atoms with Crippen molar-refractivity contribution in [3.8, 4) is 5.75 Å². The minimum absolute atomic E-state index is 0.125. The van der Waals surface area contributed by atoms with E-state index in [-0.39, 0.29) is 12.5 Å². The zero-order chi connectivity index (χ0) is 15.2. The summed E-state index contributed by atoms with van der Waals surface area (Å²) in [4.78, 5) is 10.9. The molecule has 110 valence electrons. The standard InChI is InChI=1S/C13H14F3NO3/c1-3-20-12(8-11(18)13(14,15)16)17-9-4-6-10(19-2)7-5-9/h4-8,17H,3H2,1-2H3/b12-8-. The number of hydrogen-bond donors (Lipinski definition) is 1. The van der Waals surface area contributed by atoms with Crippen LogP contribution < -0.4 is 10.1 Å². The summed E-state index contributed by atoms with van der Waals surface area (Å²) in [5.41, 5.74) is 0.473. The Morgan fingerprint density at radius 2 is 1.90 bits per heavy atom. The lowest BCUT2D eigenvalue weighted by atomic mass is 10.3. The van der Waals surface area contributed by atoms with E-state index in [9.17, 15) is 18.0 Å². The van der Waals surface area contributed by atoms with Gasteiger partial charge in [-0.1, -0.05) is 0 Å². The van der Waals surface area contributed by atoms with Gasteiger partial charge in [-0.3, -0.25) is 4.79 Å². The zero-order valence-corrected chi connectivity index (χ0v) is 11.0. The molecule has 0 aliphatic heterocycles. The molecule has 1 rings (SSSR count). The molecule has 0 radical (unpaired) electrons. The number of allylic oxidation sites excluding steroid dienone is 1. The monoisotopic (exact) mass is 289 g/mol. The molecule has 1 aromatic carbocycles. The number of ether oxygens (including phenoxy) is 2. The summed E-state index contributed by atoms with van der Waals surface area (Å²) in [7, 11) is 1.50. The predicted octanol–water partition coefficient (Wildman–Crippen LogP) is 3.12. The Labute approximate surface area is 114 Å². The third-order valence-electron chi connectivity index (χ3n) is 2.20. The molecule has 1 N–H and O–H groups in total. The van der Waals surface area contributed by atoms with Gasteiger partial charge in [-0.25, -0.2) is 0 Å². The van der Waals surface area contributed by atoms with Crippen LogP contribution in [0.1, 0.15) is 6.92 Å². The minimum atomic E-state index is -4.93. The highest BCUT2D eigenvalue weighted by molar-refractivity contribution is 5.95. The number of anilines is 1. The van der Waals surface area contributed by atoms with E-state index < -0.39 is 12.0 Å². The number of carbonyl (C=O) groups excluding carboxylic acids is 1. The summed E-state index contributed by atoms with van der Waals surface area (Å²) in [6, 6.07) is 6.42. The number of rotatable bonds is 6. The largest absolute Gasteiger partial charge is 0.497 e. The number of ketones is 1. The van der Waals surface area contributed by atoms with Crippen LogP contribution in [0.3, 0.4) is 0 Å². The van der Waals surface area contributed by atoms with Crippen molar-refractivity contribution in [3.63, 3.8) is 0 Å². The maximum Gasteiger partial charge on any atom is 0.454 e. The van der Waals surface area contributed by atoms with Gasteiger partial charge in [0.2, 0.25) is 0 Å². The van der Waals surface area contributed by atoms with Crippen LogP contribution >= 0.6 is 0 Å². The van der Waals surface area contributed by atoms with Crippen LogP contribution in [0.25, 0.3) is 0 Å². The first kappa shape index (κ1) is 15.9. The Hall–Kier alpha value is -2.18. The highest BCUT2D eigenvalue weighted by atomic mass is 19.4. The minimum Gasteiger partial charge on any atom is -0.497 e. The van der Waals surface area contributed by atoms with Gasteiger partial charge in [0.15, 0.2) is 5.88 Å². The summed E-state index contributed by atoms with van der Waals surface area (Å²) in [6.45, 7) is 1.72. The molecule has 0 amide bonds. The Kier molecular flexibility index (Phi) is 5.42. The molecule has 0 aliphatic rings. The molecule has 0 aromatic heterocycles. The van der Waals surface area contributed by atoms with Gasteiger partial charge in [0.1, 0.15) is 5.75 Å². The first-order valence-electron chi connectivity index (χ1n) is 5.73. The molecular weight excluding hydrogens is 275 g/mol. The molecule has 1 aromatic rings. The van der Waals surface area contributed by atoms with E-state index in [1.807, 2.05) is 0 Å². The molecule has 0 aliphatic carbocycles. The van der Waals surface area contributed by atoms with Gasteiger partial charge in [0, 0.05) is 5.69 Å². The smallest absolute Gasteiger partial charge is 0.454 e. The Balaban J connectivity index is 2.86. The molecule has 4 nitrogen and oxygen atoms in total. The highest BCUT2D eigenvalue weighted by Crippen LogP contribution is 2.20. The average molecular weight is 289 g/mol. The molecule has 0 atom stereocenters. The Bertz CT molecular complexity index is 481. The summed E-state index contributed by atoms with van der Waals surface area (Å²) in [5, 5.41) is 2.60. The van der Waals surface area contributed by atoms with E-state index in [1.54, 1.807) is 31.2 Å². The summed E-state index contributed by atoms with van der Waals surface area (Å²) >= 11 is 0. The van der Waals surface area contributed by atoms with Crippen molar-refractivity contribution in [3.05, 3.63) is 36.2 Å². The van der Waals surface area contributed by atoms with Crippen molar-refractivity contribution in [2.45, 2.75) is 13.1 Å². The fourth-order valence-electron chi connectivity index (χ4n) is 1.29. The van der Waals surface area contributed by atoms with Gasteiger partial charge in [-0.05, 0) is 31.2 Å². The van der Waals surface area contributed by atoms with E-state index in [2.05, 4.69) is 5.32 Å². The molecule has 20 heavy (non-hydrogen) atoms. The van der Waals surface area contributed by atoms with Crippen LogP contribution in [0.2, 0.25) is 0 Å². The maximum atomic E-state index is 12.2. The molecule has 0 saturated carbocycles. The van der Waals surface area contributed by atoms with Crippen molar-refractivity contribution in [1.29, 1.82) is 0 Å². The van der Waals surface area contributed by atoms with Crippen LogP contribution in [-0.4, -0.2) is 25.7 Å². The lowest BCUT2D eigenvalue weighted by Gasteiger charge is -2.12. The number of benzene rings is 1. The maximum absolute atomic E-state index is 12.2. The highest BCUT2D eigenvalue weighted by Gasteiger charge is 2.37. The van der Waals surface area contributed by atoms with Crippen LogP contribution in [-0.2, 0) is 9.53 Å². The van der Waals surface area contributed by atoms with Crippen LogP contribution in [0.15, 0.2) is 36.2 Å². The first-order chi connectivity index (χ1) is 9.36. The summed E-state index contributed by atoms with van der Waals surface area (Å²) in [6.07, 6.45) is -4.54. The van der Waals surface area contributed by atoms with E-state index in [0.29, 0.717) is 17.5 Å². The molecule has 0 fully saturated rings. The average Bonchev–Trinajstić information content (AvgIpc) is 2.38. The number of carbonyl (C=O) groups is 1. The molecule has 0 saturated heterocycles. The van der Waals surface area contributed by atoms with Gasteiger partial charge in [0.25, 0.3) is 5.78 Å². The molecule has 0 spiro atoms.